The number of Topliss-reactive ketones (excluding diaryl/α,β-unsaturated/α-hetero) is 1. The number of ketones is 1. The largest absolute Gasteiger partial charge is 0.465 e. The number of nitrogens with two attached hydrogens (primary N) is 1. The van der Waals surface area contributed by atoms with E-state index in [2.05, 4.69) is 0 Å². The van der Waals surface area contributed by atoms with Crippen molar-refractivity contribution in [1.82, 2.24) is 0 Å². The molecule has 1 aliphatic carbocycles. The lowest BCUT2D eigenvalue weighted by atomic mass is 9.83. The van der Waals surface area contributed by atoms with Crippen molar-refractivity contribution in [2.75, 3.05) is 0 Å². The van der Waals surface area contributed by atoms with Gasteiger partial charge in [-0.25, -0.2) is 0 Å². The molecule has 1 aliphatic rings. The molecule has 3 heteroatoms. The van der Waals surface area contributed by atoms with E-state index in [4.69, 9.17) is 10.2 Å². The van der Waals surface area contributed by atoms with Crippen LogP contribution in [0.5, 0.6) is 0 Å². The monoisotopic (exact) mass is 207 g/mol. The molecule has 1 aromatic heterocycles. The Morgan fingerprint density at radius 3 is 2.60 bits per heavy atom. The molecule has 0 aliphatic heterocycles. The lowest BCUT2D eigenvalue weighted by Crippen LogP contribution is -2.25. The maximum atomic E-state index is 11.1. The van der Waals surface area contributed by atoms with E-state index >= 15 is 0 Å². The Hall–Kier alpha value is -1.09. The third kappa shape index (κ3) is 2.29. The Bertz CT molecular complexity index is 346. The van der Waals surface area contributed by atoms with E-state index in [1.807, 2.05) is 19.1 Å². The highest BCUT2D eigenvalue weighted by atomic mass is 16.3. The number of carbonyl (C=O) groups excluding carboxylic acids is 1. The van der Waals surface area contributed by atoms with Crippen LogP contribution in [0.25, 0.3) is 0 Å². The van der Waals surface area contributed by atoms with E-state index in [0.717, 1.165) is 24.4 Å². The summed E-state index contributed by atoms with van der Waals surface area (Å²) in [6.45, 7) is 1.92. The van der Waals surface area contributed by atoms with E-state index in [1.165, 1.54) is 0 Å². The summed E-state index contributed by atoms with van der Waals surface area (Å²) in [5, 5.41) is 0. The zero-order valence-electron chi connectivity index (χ0n) is 9.03. The molecule has 1 fully saturated rings. The maximum absolute atomic E-state index is 11.1. The number of rotatable bonds is 2. The van der Waals surface area contributed by atoms with Crippen molar-refractivity contribution >= 4 is 5.78 Å². The molecule has 82 valence electrons. The molecular weight excluding hydrogens is 190 g/mol. The summed E-state index contributed by atoms with van der Waals surface area (Å²) in [6, 6.07) is 3.83. The van der Waals surface area contributed by atoms with Gasteiger partial charge in [-0.1, -0.05) is 0 Å². The third-order valence-corrected chi connectivity index (χ3v) is 3.19. The summed E-state index contributed by atoms with van der Waals surface area (Å²) in [5.74, 6) is 2.52. The second-order valence-electron chi connectivity index (χ2n) is 4.35. The summed E-state index contributed by atoms with van der Waals surface area (Å²) < 4.78 is 5.52. The van der Waals surface area contributed by atoms with Gasteiger partial charge in [-0.2, -0.15) is 0 Å². The Kier molecular flexibility index (Phi) is 2.91. The van der Waals surface area contributed by atoms with Gasteiger partial charge in [-0.05, 0) is 37.8 Å². The van der Waals surface area contributed by atoms with Gasteiger partial charge in [0.1, 0.15) is 17.3 Å². The van der Waals surface area contributed by atoms with Crippen molar-refractivity contribution in [2.24, 2.45) is 11.7 Å². The Morgan fingerprint density at radius 2 is 2.07 bits per heavy atom. The van der Waals surface area contributed by atoms with Gasteiger partial charge in [-0.15, -0.1) is 0 Å². The fourth-order valence-corrected chi connectivity index (χ4v) is 2.19. The van der Waals surface area contributed by atoms with E-state index in [-0.39, 0.29) is 6.04 Å². The zero-order valence-corrected chi connectivity index (χ0v) is 9.03. The van der Waals surface area contributed by atoms with Crippen molar-refractivity contribution in [2.45, 2.75) is 38.6 Å². The fourth-order valence-electron chi connectivity index (χ4n) is 2.19. The average molecular weight is 207 g/mol. The first-order valence-electron chi connectivity index (χ1n) is 5.50. The number of carbonyl (C=O) groups is 1. The van der Waals surface area contributed by atoms with Crippen molar-refractivity contribution in [3.63, 3.8) is 0 Å². The van der Waals surface area contributed by atoms with Crippen LogP contribution in [0, 0.1) is 12.8 Å². The first-order chi connectivity index (χ1) is 7.16. The molecule has 1 heterocycles. The molecule has 0 radical (unpaired) electrons. The van der Waals surface area contributed by atoms with Crippen molar-refractivity contribution in [3.05, 3.63) is 23.7 Å². The Labute approximate surface area is 89.6 Å². The summed E-state index contributed by atoms with van der Waals surface area (Å²) in [7, 11) is 0. The number of hydrogen-bond acceptors (Lipinski definition) is 3. The number of hydrogen-bond donors (Lipinski definition) is 1. The molecule has 15 heavy (non-hydrogen) atoms. The number of aryl methyl sites for hydroxylation is 1. The molecule has 0 saturated heterocycles. The van der Waals surface area contributed by atoms with Crippen LogP contribution in [0.4, 0.5) is 0 Å². The first-order valence-corrected chi connectivity index (χ1v) is 5.50. The van der Waals surface area contributed by atoms with Crippen molar-refractivity contribution in [1.29, 1.82) is 0 Å². The van der Waals surface area contributed by atoms with Gasteiger partial charge in [0.2, 0.25) is 0 Å². The number of furan rings is 1. The quantitative estimate of drug-likeness (QED) is 0.809. The summed E-state index contributed by atoms with van der Waals surface area (Å²) in [5.41, 5.74) is 6.12. The first kappa shape index (κ1) is 10.4. The minimum absolute atomic E-state index is 0.0493. The molecule has 1 saturated carbocycles. The standard InChI is InChI=1S/C12H17NO2/c1-8-2-7-11(15-8)12(13)9-3-5-10(14)6-4-9/h2,7,9,12H,3-6,13H2,1H3. The van der Waals surface area contributed by atoms with E-state index in [1.54, 1.807) is 0 Å². The van der Waals surface area contributed by atoms with Crippen LogP contribution in [-0.2, 0) is 4.79 Å². The fraction of sp³-hybridized carbons (Fsp3) is 0.583. The Balaban J connectivity index is 2.02. The van der Waals surface area contributed by atoms with Crippen molar-refractivity contribution < 1.29 is 9.21 Å². The lowest BCUT2D eigenvalue weighted by Gasteiger charge is -2.25. The van der Waals surface area contributed by atoms with Crippen LogP contribution in [0.3, 0.4) is 0 Å². The highest BCUT2D eigenvalue weighted by Gasteiger charge is 2.26. The highest BCUT2D eigenvalue weighted by molar-refractivity contribution is 5.79. The van der Waals surface area contributed by atoms with Crippen LogP contribution in [0.15, 0.2) is 16.5 Å². The second-order valence-corrected chi connectivity index (χ2v) is 4.35. The van der Waals surface area contributed by atoms with Gasteiger partial charge in [-0.3, -0.25) is 4.79 Å². The average Bonchev–Trinajstić information content (AvgIpc) is 2.65. The van der Waals surface area contributed by atoms with E-state index < -0.39 is 0 Å². The van der Waals surface area contributed by atoms with Gasteiger partial charge in [0, 0.05) is 12.8 Å². The lowest BCUT2D eigenvalue weighted by molar-refractivity contribution is -0.121. The second kappa shape index (κ2) is 4.19. The summed E-state index contributed by atoms with van der Waals surface area (Å²) in [4.78, 5) is 11.1. The minimum atomic E-state index is -0.0493. The molecule has 1 aromatic rings. The van der Waals surface area contributed by atoms with Gasteiger partial charge < -0.3 is 10.2 Å². The maximum Gasteiger partial charge on any atom is 0.132 e. The zero-order chi connectivity index (χ0) is 10.8. The summed E-state index contributed by atoms with van der Waals surface area (Å²) in [6.07, 6.45) is 3.16. The Morgan fingerprint density at radius 1 is 1.40 bits per heavy atom. The third-order valence-electron chi connectivity index (χ3n) is 3.19. The van der Waals surface area contributed by atoms with E-state index in [9.17, 15) is 4.79 Å². The SMILES string of the molecule is Cc1ccc(C(N)C2CCC(=O)CC2)o1. The van der Waals surface area contributed by atoms with Crippen LogP contribution in [0.2, 0.25) is 0 Å². The predicted octanol–water partition coefficient (Wildman–Crippen LogP) is 2.35. The highest BCUT2D eigenvalue weighted by Crippen LogP contribution is 2.32. The predicted molar refractivity (Wildman–Crippen MR) is 57.3 cm³/mol. The molecule has 0 spiro atoms. The van der Waals surface area contributed by atoms with Gasteiger partial charge in [0.25, 0.3) is 0 Å². The normalized spacial score (nSPS) is 20.5. The topological polar surface area (TPSA) is 56.2 Å². The molecular formula is C12H17NO2. The van der Waals surface area contributed by atoms with Crippen LogP contribution < -0.4 is 5.73 Å². The van der Waals surface area contributed by atoms with Gasteiger partial charge >= 0.3 is 0 Å². The van der Waals surface area contributed by atoms with Crippen LogP contribution in [-0.4, -0.2) is 5.78 Å². The molecule has 2 N–H and O–H groups in total. The summed E-state index contributed by atoms with van der Waals surface area (Å²) >= 11 is 0. The molecule has 3 nitrogen and oxygen atoms in total. The van der Waals surface area contributed by atoms with Gasteiger partial charge in [0.05, 0.1) is 6.04 Å². The van der Waals surface area contributed by atoms with Crippen LogP contribution >= 0.6 is 0 Å². The smallest absolute Gasteiger partial charge is 0.132 e. The molecule has 0 bridgehead atoms. The molecule has 2 rings (SSSR count). The van der Waals surface area contributed by atoms with Crippen molar-refractivity contribution in [3.8, 4) is 0 Å². The molecule has 0 aromatic carbocycles. The van der Waals surface area contributed by atoms with Gasteiger partial charge in [0.15, 0.2) is 0 Å². The molecule has 0 amide bonds. The molecule has 1 unspecified atom stereocenters. The van der Waals surface area contributed by atoms with Crippen LogP contribution in [0.1, 0.15) is 43.2 Å². The van der Waals surface area contributed by atoms with E-state index in [0.29, 0.717) is 24.5 Å². The minimum Gasteiger partial charge on any atom is -0.465 e. The molecule has 1 atom stereocenters.